The molecule has 0 aliphatic heterocycles. The first-order valence-electron chi connectivity index (χ1n) is 7.26. The zero-order chi connectivity index (χ0) is 14.8. The summed E-state index contributed by atoms with van der Waals surface area (Å²) in [5.74, 6) is 0.00619. The van der Waals surface area contributed by atoms with Crippen molar-refractivity contribution in [1.29, 1.82) is 0 Å². The van der Waals surface area contributed by atoms with Gasteiger partial charge in [0.25, 0.3) is 5.91 Å². The van der Waals surface area contributed by atoms with Gasteiger partial charge in [-0.05, 0) is 37.6 Å². The Morgan fingerprint density at radius 1 is 1.24 bits per heavy atom. The summed E-state index contributed by atoms with van der Waals surface area (Å²) < 4.78 is 0. The number of fused-ring (bicyclic) bond motifs is 2. The first kappa shape index (κ1) is 14.0. The number of pyridine rings is 1. The Labute approximate surface area is 128 Å². The molecule has 1 aromatic carbocycles. The van der Waals surface area contributed by atoms with Gasteiger partial charge in [-0.3, -0.25) is 4.79 Å². The van der Waals surface area contributed by atoms with E-state index in [1.807, 2.05) is 12.1 Å². The second-order valence-electron chi connectivity index (χ2n) is 5.30. The summed E-state index contributed by atoms with van der Waals surface area (Å²) in [5, 5.41) is 5.12. The summed E-state index contributed by atoms with van der Waals surface area (Å²) in [5.41, 5.74) is 2.20. The molecule has 21 heavy (non-hydrogen) atoms. The largest absolute Gasteiger partial charge is 0.351 e. The zero-order valence-electron chi connectivity index (χ0n) is 12.3. The summed E-state index contributed by atoms with van der Waals surface area (Å²) in [7, 11) is 0. The lowest BCUT2D eigenvalue weighted by Crippen LogP contribution is -2.23. The molecule has 3 rings (SSSR count). The number of thiophene rings is 1. The van der Waals surface area contributed by atoms with Crippen LogP contribution < -0.4 is 5.32 Å². The third-order valence-electron chi connectivity index (χ3n) is 3.50. The van der Waals surface area contributed by atoms with Gasteiger partial charge in [0.05, 0.1) is 10.4 Å². The minimum atomic E-state index is 0.00619. The predicted octanol–water partition coefficient (Wildman–Crippen LogP) is 4.29. The molecule has 0 saturated carbocycles. The maximum absolute atomic E-state index is 12.1. The van der Waals surface area contributed by atoms with Crippen molar-refractivity contribution in [2.75, 3.05) is 6.54 Å². The van der Waals surface area contributed by atoms with Crippen LogP contribution >= 0.6 is 11.3 Å². The van der Waals surface area contributed by atoms with E-state index >= 15 is 0 Å². The highest BCUT2D eigenvalue weighted by atomic mass is 32.1. The number of amides is 1. The number of nitrogens with one attached hydrogen (secondary N) is 1. The molecule has 1 amide bonds. The standard InChI is InChI=1S/C17H18N2OS/c1-3-4-7-18-16(20)15-10-13-9-12-8-11(2)5-6-14(12)19-17(13)21-15/h5-6,8-10H,3-4,7H2,1-2H3,(H,18,20). The molecule has 2 aromatic heterocycles. The number of rotatable bonds is 4. The van der Waals surface area contributed by atoms with E-state index in [0.29, 0.717) is 0 Å². The lowest BCUT2D eigenvalue weighted by molar-refractivity contribution is 0.0957. The quantitative estimate of drug-likeness (QED) is 0.730. The molecule has 0 radical (unpaired) electrons. The number of benzene rings is 1. The van der Waals surface area contributed by atoms with E-state index in [-0.39, 0.29) is 5.91 Å². The van der Waals surface area contributed by atoms with Gasteiger partial charge in [0.2, 0.25) is 0 Å². The predicted molar refractivity (Wildman–Crippen MR) is 89.1 cm³/mol. The van der Waals surface area contributed by atoms with Crippen molar-refractivity contribution in [3.8, 4) is 0 Å². The first-order chi connectivity index (χ1) is 10.2. The minimum Gasteiger partial charge on any atom is -0.351 e. The van der Waals surface area contributed by atoms with Gasteiger partial charge < -0.3 is 5.32 Å². The number of carbonyl (C=O) groups excluding carboxylic acids is 1. The van der Waals surface area contributed by atoms with Crippen molar-refractivity contribution in [1.82, 2.24) is 10.3 Å². The molecule has 108 valence electrons. The summed E-state index contributed by atoms with van der Waals surface area (Å²) in [6, 6.07) is 10.3. The van der Waals surface area contributed by atoms with Crippen LogP contribution in [-0.2, 0) is 0 Å². The van der Waals surface area contributed by atoms with Crippen LogP contribution in [0.15, 0.2) is 30.3 Å². The molecular weight excluding hydrogens is 280 g/mol. The lowest BCUT2D eigenvalue weighted by atomic mass is 10.1. The molecule has 0 saturated heterocycles. The zero-order valence-corrected chi connectivity index (χ0v) is 13.1. The Kier molecular flexibility index (Phi) is 3.88. The maximum atomic E-state index is 12.1. The molecule has 0 atom stereocenters. The number of hydrogen-bond acceptors (Lipinski definition) is 3. The van der Waals surface area contributed by atoms with Gasteiger partial charge in [-0.1, -0.05) is 25.0 Å². The van der Waals surface area contributed by atoms with E-state index in [2.05, 4.69) is 42.3 Å². The van der Waals surface area contributed by atoms with E-state index < -0.39 is 0 Å². The Bertz CT molecular complexity index is 807. The van der Waals surface area contributed by atoms with Crippen molar-refractivity contribution in [3.63, 3.8) is 0 Å². The second kappa shape index (κ2) is 5.82. The fourth-order valence-electron chi connectivity index (χ4n) is 2.33. The molecule has 0 spiro atoms. The average molecular weight is 298 g/mol. The number of carbonyl (C=O) groups is 1. The lowest BCUT2D eigenvalue weighted by Gasteiger charge is -2.00. The Hall–Kier alpha value is -1.94. The van der Waals surface area contributed by atoms with E-state index in [4.69, 9.17) is 0 Å². The van der Waals surface area contributed by atoms with Crippen LogP contribution in [-0.4, -0.2) is 17.4 Å². The number of aromatic nitrogens is 1. The SMILES string of the molecule is CCCCNC(=O)c1cc2cc3cc(C)ccc3nc2s1. The average Bonchev–Trinajstić information content (AvgIpc) is 2.87. The van der Waals surface area contributed by atoms with Crippen molar-refractivity contribution < 1.29 is 4.79 Å². The van der Waals surface area contributed by atoms with Crippen molar-refractivity contribution in [2.45, 2.75) is 26.7 Å². The molecule has 3 aromatic rings. The van der Waals surface area contributed by atoms with Gasteiger partial charge in [-0.25, -0.2) is 4.98 Å². The molecule has 2 heterocycles. The van der Waals surface area contributed by atoms with Crippen LogP contribution in [0, 0.1) is 6.92 Å². The molecule has 3 nitrogen and oxygen atoms in total. The molecule has 0 bridgehead atoms. The fourth-order valence-corrected chi connectivity index (χ4v) is 3.27. The van der Waals surface area contributed by atoms with Crippen molar-refractivity contribution in [2.24, 2.45) is 0 Å². The monoisotopic (exact) mass is 298 g/mol. The van der Waals surface area contributed by atoms with Crippen LogP contribution in [0.1, 0.15) is 35.0 Å². The third-order valence-corrected chi connectivity index (χ3v) is 4.54. The molecule has 0 fully saturated rings. The topological polar surface area (TPSA) is 42.0 Å². The summed E-state index contributed by atoms with van der Waals surface area (Å²) in [4.78, 5) is 18.4. The summed E-state index contributed by atoms with van der Waals surface area (Å²) in [6.45, 7) is 4.92. The van der Waals surface area contributed by atoms with E-state index in [1.54, 1.807) is 0 Å². The molecular formula is C17H18N2OS. The highest BCUT2D eigenvalue weighted by Crippen LogP contribution is 2.27. The number of hydrogen-bond donors (Lipinski definition) is 1. The van der Waals surface area contributed by atoms with Crippen LogP contribution in [0.4, 0.5) is 0 Å². The van der Waals surface area contributed by atoms with Gasteiger partial charge in [0.1, 0.15) is 4.83 Å². The van der Waals surface area contributed by atoms with Crippen LogP contribution in [0.5, 0.6) is 0 Å². The van der Waals surface area contributed by atoms with Gasteiger partial charge in [0, 0.05) is 17.3 Å². The second-order valence-corrected chi connectivity index (χ2v) is 6.33. The smallest absolute Gasteiger partial charge is 0.261 e. The van der Waals surface area contributed by atoms with E-state index in [0.717, 1.165) is 45.4 Å². The summed E-state index contributed by atoms with van der Waals surface area (Å²) >= 11 is 1.46. The van der Waals surface area contributed by atoms with Gasteiger partial charge >= 0.3 is 0 Å². The molecule has 0 unspecified atom stereocenters. The number of aryl methyl sites for hydroxylation is 1. The first-order valence-corrected chi connectivity index (χ1v) is 8.08. The molecule has 0 aliphatic carbocycles. The Balaban J connectivity index is 1.95. The molecule has 1 N–H and O–H groups in total. The van der Waals surface area contributed by atoms with E-state index in [9.17, 15) is 4.79 Å². The van der Waals surface area contributed by atoms with E-state index in [1.165, 1.54) is 16.9 Å². The normalized spacial score (nSPS) is 11.1. The Morgan fingerprint density at radius 3 is 2.90 bits per heavy atom. The number of nitrogens with zero attached hydrogens (tertiary/aromatic N) is 1. The van der Waals surface area contributed by atoms with Crippen molar-refractivity contribution >= 4 is 38.4 Å². The highest BCUT2D eigenvalue weighted by molar-refractivity contribution is 7.20. The van der Waals surface area contributed by atoms with Crippen LogP contribution in [0.3, 0.4) is 0 Å². The fraction of sp³-hybridized carbons (Fsp3) is 0.294. The Morgan fingerprint density at radius 2 is 2.10 bits per heavy atom. The summed E-state index contributed by atoms with van der Waals surface area (Å²) in [6.07, 6.45) is 2.09. The third kappa shape index (κ3) is 2.90. The molecule has 0 aliphatic rings. The van der Waals surface area contributed by atoms with Crippen LogP contribution in [0.2, 0.25) is 0 Å². The van der Waals surface area contributed by atoms with Gasteiger partial charge in [0.15, 0.2) is 0 Å². The van der Waals surface area contributed by atoms with Gasteiger partial charge in [-0.2, -0.15) is 0 Å². The molecule has 4 heteroatoms. The van der Waals surface area contributed by atoms with Gasteiger partial charge in [-0.15, -0.1) is 11.3 Å². The van der Waals surface area contributed by atoms with Crippen molar-refractivity contribution in [3.05, 3.63) is 40.8 Å². The highest BCUT2D eigenvalue weighted by Gasteiger charge is 2.11. The maximum Gasteiger partial charge on any atom is 0.261 e. The number of unbranched alkanes of at least 4 members (excludes halogenated alkanes) is 1. The van der Waals surface area contributed by atoms with Crippen LogP contribution in [0.25, 0.3) is 21.1 Å². The minimum absolute atomic E-state index is 0.00619.